The van der Waals surface area contributed by atoms with Crippen molar-refractivity contribution in [2.75, 3.05) is 6.61 Å². The largest absolute Gasteiger partial charge is 0.467 e. The van der Waals surface area contributed by atoms with Crippen LogP contribution in [-0.4, -0.2) is 32.9 Å². The molecule has 0 radical (unpaired) electrons. The van der Waals surface area contributed by atoms with E-state index in [2.05, 4.69) is 30.2 Å². The van der Waals surface area contributed by atoms with Crippen LogP contribution in [0.25, 0.3) is 0 Å². The third-order valence-corrected chi connectivity index (χ3v) is 2.64. The Morgan fingerprint density at radius 2 is 1.79 bits per heavy atom. The average molecular weight is 386 g/mol. The lowest BCUT2D eigenvalue weighted by Gasteiger charge is -2.12. The van der Waals surface area contributed by atoms with Gasteiger partial charge in [-0.2, -0.15) is 18.3 Å². The summed E-state index contributed by atoms with van der Waals surface area (Å²) in [6.07, 6.45) is -1.10. The molecule has 1 atom stereocenters. The Morgan fingerprint density at radius 1 is 1.12 bits per heavy atom. The highest BCUT2D eigenvalue weighted by Gasteiger charge is 2.28. The summed E-state index contributed by atoms with van der Waals surface area (Å²) >= 11 is 0. The second-order valence-electron chi connectivity index (χ2n) is 4.48. The van der Waals surface area contributed by atoms with Crippen molar-refractivity contribution in [2.45, 2.75) is 25.7 Å². The Morgan fingerprint density at radius 3 is 2.33 bits per heavy atom. The molecule has 0 bridgehead atoms. The van der Waals surface area contributed by atoms with E-state index in [1.807, 2.05) is 6.92 Å². The number of hydrogen-bond acceptors (Lipinski definition) is 6. The molecule has 0 saturated heterocycles. The minimum Gasteiger partial charge on any atom is -0.467 e. The molecule has 0 amide bonds. The van der Waals surface area contributed by atoms with Crippen molar-refractivity contribution < 1.29 is 17.9 Å². The van der Waals surface area contributed by atoms with Crippen LogP contribution in [0.4, 0.5) is 13.2 Å². The summed E-state index contributed by atoms with van der Waals surface area (Å²) in [4.78, 5) is 8.23. The van der Waals surface area contributed by atoms with Crippen molar-refractivity contribution in [3.63, 3.8) is 0 Å². The summed E-state index contributed by atoms with van der Waals surface area (Å²) in [5.74, 6) is 0.473. The van der Waals surface area contributed by atoms with E-state index in [0.29, 0.717) is 18.1 Å². The van der Waals surface area contributed by atoms with Gasteiger partial charge in [-0.3, -0.25) is 0 Å². The van der Waals surface area contributed by atoms with Crippen LogP contribution in [-0.2, 0) is 6.54 Å². The quantitative estimate of drug-likeness (QED) is 0.823. The zero-order valence-corrected chi connectivity index (χ0v) is 14.2. The van der Waals surface area contributed by atoms with Crippen molar-refractivity contribution in [3.8, 4) is 5.88 Å². The molecule has 1 N–H and O–H groups in total. The van der Waals surface area contributed by atoms with Gasteiger partial charge in [0.05, 0.1) is 11.7 Å². The highest BCUT2D eigenvalue weighted by Crippen LogP contribution is 2.16. The maximum absolute atomic E-state index is 12.0. The van der Waals surface area contributed by atoms with E-state index in [1.54, 1.807) is 24.5 Å². The summed E-state index contributed by atoms with van der Waals surface area (Å²) in [5.41, 5.74) is 0.571. The zero-order chi connectivity index (χ0) is 16.0. The smallest absolute Gasteiger partial charge is 0.422 e. The fourth-order valence-electron chi connectivity index (χ4n) is 1.56. The molecule has 0 saturated carbocycles. The molecule has 0 unspecified atom stereocenters. The van der Waals surface area contributed by atoms with Gasteiger partial charge in [-0.05, 0) is 19.1 Å². The number of halogens is 5. The highest BCUT2D eigenvalue weighted by molar-refractivity contribution is 5.85. The molecule has 11 heteroatoms. The minimum absolute atomic E-state index is 0. The first-order chi connectivity index (χ1) is 10.4. The lowest BCUT2D eigenvalue weighted by Crippen LogP contribution is -2.21. The molecule has 0 aliphatic carbocycles. The summed E-state index contributed by atoms with van der Waals surface area (Å²) in [6.45, 7) is 0.886. The van der Waals surface area contributed by atoms with Gasteiger partial charge in [0.2, 0.25) is 5.88 Å². The van der Waals surface area contributed by atoms with Crippen LogP contribution in [0.3, 0.4) is 0 Å². The number of aromatic nitrogens is 4. The third-order valence-electron chi connectivity index (χ3n) is 2.64. The Bertz CT molecular complexity index is 586. The highest BCUT2D eigenvalue weighted by atomic mass is 35.5. The van der Waals surface area contributed by atoms with Crippen LogP contribution in [0.5, 0.6) is 5.88 Å². The normalized spacial score (nSPS) is 11.8. The van der Waals surface area contributed by atoms with Gasteiger partial charge in [-0.1, -0.05) is 0 Å². The molecule has 0 spiro atoms. The van der Waals surface area contributed by atoms with Crippen molar-refractivity contribution in [1.29, 1.82) is 0 Å². The Hall–Kier alpha value is -1.71. The zero-order valence-electron chi connectivity index (χ0n) is 12.5. The van der Waals surface area contributed by atoms with Crippen LogP contribution in [0, 0.1) is 0 Å². The summed E-state index contributed by atoms with van der Waals surface area (Å²) in [5, 5.41) is 10.5. The summed E-state index contributed by atoms with van der Waals surface area (Å²) < 4.78 is 40.5. The molecule has 2 aromatic rings. The van der Waals surface area contributed by atoms with E-state index in [-0.39, 0.29) is 36.7 Å². The van der Waals surface area contributed by atoms with Crippen LogP contribution in [0.2, 0.25) is 0 Å². The van der Waals surface area contributed by atoms with E-state index in [0.717, 1.165) is 0 Å². The number of rotatable bonds is 6. The average Bonchev–Trinajstić information content (AvgIpc) is 2.52. The second-order valence-corrected chi connectivity index (χ2v) is 4.48. The van der Waals surface area contributed by atoms with Crippen molar-refractivity contribution >= 4 is 24.8 Å². The predicted molar refractivity (Wildman–Crippen MR) is 85.4 cm³/mol. The SMILES string of the molecule is C[C@@H](NCc1ccc(OCC(F)(F)F)nn1)c1ncccn1.Cl.Cl. The van der Waals surface area contributed by atoms with E-state index in [1.165, 1.54) is 6.07 Å². The lowest BCUT2D eigenvalue weighted by atomic mass is 10.3. The number of ether oxygens (including phenoxy) is 1. The second kappa shape index (κ2) is 10.2. The Kier molecular flexibility index (Phi) is 9.49. The maximum atomic E-state index is 12.0. The van der Waals surface area contributed by atoms with Crippen LogP contribution >= 0.6 is 24.8 Å². The molecule has 0 aliphatic rings. The van der Waals surface area contributed by atoms with E-state index in [4.69, 9.17) is 0 Å². The molecule has 2 rings (SSSR count). The standard InChI is InChI=1S/C13H14F3N5O.2ClH/c1-9(12-17-5-2-6-18-12)19-7-10-3-4-11(21-20-10)22-8-13(14,15)16;;/h2-6,9,19H,7-8H2,1H3;2*1H/t9-;;/m1../s1. The van der Waals surface area contributed by atoms with Crippen LogP contribution in [0.15, 0.2) is 30.6 Å². The van der Waals surface area contributed by atoms with Gasteiger partial charge in [0.1, 0.15) is 5.82 Å². The first-order valence-electron chi connectivity index (χ1n) is 6.46. The van der Waals surface area contributed by atoms with Gasteiger partial charge in [-0.15, -0.1) is 29.9 Å². The summed E-state index contributed by atoms with van der Waals surface area (Å²) in [6, 6.07) is 4.52. The maximum Gasteiger partial charge on any atom is 0.422 e. The lowest BCUT2D eigenvalue weighted by molar-refractivity contribution is -0.154. The molecule has 134 valence electrons. The molecule has 0 fully saturated rings. The molecular formula is C13H16Cl2F3N5O. The molecule has 0 aromatic carbocycles. The van der Waals surface area contributed by atoms with Crippen molar-refractivity contribution in [1.82, 2.24) is 25.5 Å². The predicted octanol–water partition coefficient (Wildman–Crippen LogP) is 2.90. The first-order valence-corrected chi connectivity index (χ1v) is 6.46. The third kappa shape index (κ3) is 7.71. The fourth-order valence-corrected chi connectivity index (χ4v) is 1.56. The fraction of sp³-hybridized carbons (Fsp3) is 0.385. The topological polar surface area (TPSA) is 72.8 Å². The molecule has 2 heterocycles. The van der Waals surface area contributed by atoms with Crippen LogP contribution in [0.1, 0.15) is 24.5 Å². The number of nitrogens with zero attached hydrogens (tertiary/aromatic N) is 4. The van der Waals surface area contributed by atoms with Gasteiger partial charge in [0.25, 0.3) is 0 Å². The minimum atomic E-state index is -4.40. The van der Waals surface area contributed by atoms with Crippen LogP contribution < -0.4 is 10.1 Å². The molecule has 2 aromatic heterocycles. The van der Waals surface area contributed by atoms with Gasteiger partial charge in [0.15, 0.2) is 6.61 Å². The first kappa shape index (κ1) is 22.3. The molecule has 24 heavy (non-hydrogen) atoms. The van der Waals surface area contributed by atoms with Crippen molar-refractivity contribution in [3.05, 3.63) is 42.1 Å². The van der Waals surface area contributed by atoms with Gasteiger partial charge in [0, 0.05) is 25.0 Å². The van der Waals surface area contributed by atoms with E-state index < -0.39 is 12.8 Å². The monoisotopic (exact) mass is 385 g/mol. The van der Waals surface area contributed by atoms with Gasteiger partial charge >= 0.3 is 6.18 Å². The molecular weight excluding hydrogens is 370 g/mol. The van der Waals surface area contributed by atoms with E-state index >= 15 is 0 Å². The number of hydrogen-bond donors (Lipinski definition) is 1. The van der Waals surface area contributed by atoms with Gasteiger partial charge in [-0.25, -0.2) is 9.97 Å². The number of nitrogens with one attached hydrogen (secondary N) is 1. The van der Waals surface area contributed by atoms with E-state index in [9.17, 15) is 13.2 Å². The number of alkyl halides is 3. The Labute approximate surface area is 149 Å². The molecule has 6 nitrogen and oxygen atoms in total. The Balaban J connectivity index is 0.00000264. The van der Waals surface area contributed by atoms with Crippen molar-refractivity contribution in [2.24, 2.45) is 0 Å². The van der Waals surface area contributed by atoms with Gasteiger partial charge < -0.3 is 10.1 Å². The summed E-state index contributed by atoms with van der Waals surface area (Å²) in [7, 11) is 0. The molecule has 0 aliphatic heterocycles.